The molecule has 1 aromatic carbocycles. The Balaban J connectivity index is 2.54. The van der Waals surface area contributed by atoms with Gasteiger partial charge in [-0.05, 0) is 24.3 Å². The van der Waals surface area contributed by atoms with Crippen LogP contribution in [0.3, 0.4) is 0 Å². The number of rotatable bonds is 2. The molecule has 4 nitrogen and oxygen atoms in total. The summed E-state index contributed by atoms with van der Waals surface area (Å²) in [5.41, 5.74) is -1.53. The largest absolute Gasteiger partial charge is 0.475 e. The number of aromatic nitrogens is 2. The molecule has 0 aliphatic heterocycles. The molecule has 2 rings (SSSR count). The fourth-order valence-electron chi connectivity index (χ4n) is 1.52. The number of carboxylic acids is 1. The van der Waals surface area contributed by atoms with Gasteiger partial charge < -0.3 is 5.11 Å². The molecule has 104 valence electrons. The minimum absolute atomic E-state index is 0.0390. The summed E-state index contributed by atoms with van der Waals surface area (Å²) in [6, 6.07) is 3.54. The summed E-state index contributed by atoms with van der Waals surface area (Å²) in [6.45, 7) is 0. The van der Waals surface area contributed by atoms with Gasteiger partial charge in [-0.3, -0.25) is 0 Å². The third kappa shape index (κ3) is 2.73. The number of aromatic carboxylic acids is 1. The lowest BCUT2D eigenvalue weighted by atomic mass is 10.1. The molecule has 8 heteroatoms. The molecule has 0 bridgehead atoms. The van der Waals surface area contributed by atoms with Gasteiger partial charge in [-0.2, -0.15) is 13.2 Å². The molecule has 0 atom stereocenters. The first-order valence-electron chi connectivity index (χ1n) is 5.22. The highest BCUT2D eigenvalue weighted by Crippen LogP contribution is 2.33. The molecule has 0 aliphatic carbocycles. The monoisotopic (exact) mass is 286 g/mol. The van der Waals surface area contributed by atoms with E-state index in [4.69, 9.17) is 5.11 Å². The van der Waals surface area contributed by atoms with E-state index in [0.717, 1.165) is 12.3 Å². The molecule has 1 aromatic heterocycles. The van der Waals surface area contributed by atoms with Crippen molar-refractivity contribution >= 4 is 5.97 Å². The highest BCUT2D eigenvalue weighted by atomic mass is 19.4. The van der Waals surface area contributed by atoms with Gasteiger partial charge in [-0.15, -0.1) is 0 Å². The van der Waals surface area contributed by atoms with Crippen LogP contribution in [0.4, 0.5) is 17.6 Å². The van der Waals surface area contributed by atoms with E-state index < -0.39 is 29.4 Å². The minimum Gasteiger partial charge on any atom is -0.475 e. The molecule has 0 unspecified atom stereocenters. The van der Waals surface area contributed by atoms with Gasteiger partial charge in [-0.1, -0.05) is 0 Å². The van der Waals surface area contributed by atoms with E-state index in [-0.39, 0.29) is 11.3 Å². The standard InChI is InChI=1S/C12H6F4N2O2/c13-8-2-1-6(5-7(8)12(14,15)16)9-3-4-17-10(18-9)11(19)20/h1-5H,(H,19,20). The Morgan fingerprint density at radius 3 is 2.50 bits per heavy atom. The second-order valence-electron chi connectivity index (χ2n) is 3.76. The molecule has 0 spiro atoms. The van der Waals surface area contributed by atoms with E-state index >= 15 is 0 Å². The van der Waals surface area contributed by atoms with Gasteiger partial charge in [0.15, 0.2) is 0 Å². The average molecular weight is 286 g/mol. The molecule has 1 N–H and O–H groups in total. The lowest BCUT2D eigenvalue weighted by Crippen LogP contribution is -2.09. The number of carboxylic acid groups (broad SMARTS) is 1. The molecule has 0 saturated carbocycles. The topological polar surface area (TPSA) is 63.1 Å². The van der Waals surface area contributed by atoms with Crippen LogP contribution in [0.1, 0.15) is 16.2 Å². The SMILES string of the molecule is O=C(O)c1nccc(-c2ccc(F)c(C(F)(F)F)c2)n1. The van der Waals surface area contributed by atoms with E-state index in [9.17, 15) is 22.4 Å². The quantitative estimate of drug-likeness (QED) is 0.862. The number of benzene rings is 1. The van der Waals surface area contributed by atoms with E-state index in [0.29, 0.717) is 12.1 Å². The van der Waals surface area contributed by atoms with Crippen molar-refractivity contribution in [2.24, 2.45) is 0 Å². The van der Waals surface area contributed by atoms with Crippen molar-refractivity contribution in [3.05, 3.63) is 47.7 Å². The van der Waals surface area contributed by atoms with Crippen LogP contribution in [0, 0.1) is 5.82 Å². The van der Waals surface area contributed by atoms with Crippen LogP contribution < -0.4 is 0 Å². The van der Waals surface area contributed by atoms with Crippen molar-refractivity contribution in [3.63, 3.8) is 0 Å². The molecule has 0 aliphatic rings. The summed E-state index contributed by atoms with van der Waals surface area (Å²) < 4.78 is 50.9. The van der Waals surface area contributed by atoms with E-state index in [1.807, 2.05) is 0 Å². The number of nitrogens with zero attached hydrogens (tertiary/aromatic N) is 2. The highest BCUT2D eigenvalue weighted by molar-refractivity contribution is 5.83. The Kier molecular flexibility index (Phi) is 3.39. The average Bonchev–Trinajstić information content (AvgIpc) is 2.38. The van der Waals surface area contributed by atoms with Crippen molar-refractivity contribution in [1.82, 2.24) is 9.97 Å². The number of alkyl halides is 3. The van der Waals surface area contributed by atoms with Gasteiger partial charge in [0.1, 0.15) is 5.82 Å². The number of hydrogen-bond donors (Lipinski definition) is 1. The van der Waals surface area contributed by atoms with Crippen LogP contribution in [-0.2, 0) is 6.18 Å². The molecular formula is C12H6F4N2O2. The van der Waals surface area contributed by atoms with Crippen LogP contribution in [0.5, 0.6) is 0 Å². The summed E-state index contributed by atoms with van der Waals surface area (Å²) in [4.78, 5) is 17.7. The zero-order chi connectivity index (χ0) is 14.9. The normalized spacial score (nSPS) is 11.4. The third-order valence-corrected chi connectivity index (χ3v) is 2.41. The van der Waals surface area contributed by atoms with Gasteiger partial charge in [0.25, 0.3) is 0 Å². The maximum absolute atomic E-state index is 13.1. The predicted molar refractivity (Wildman–Crippen MR) is 59.4 cm³/mol. The van der Waals surface area contributed by atoms with Crippen molar-refractivity contribution in [1.29, 1.82) is 0 Å². The second-order valence-corrected chi connectivity index (χ2v) is 3.76. The van der Waals surface area contributed by atoms with Gasteiger partial charge in [0.05, 0.1) is 11.3 Å². The smallest absolute Gasteiger partial charge is 0.419 e. The summed E-state index contributed by atoms with van der Waals surface area (Å²) in [5.74, 6) is -3.38. The van der Waals surface area contributed by atoms with Crippen LogP contribution in [-0.4, -0.2) is 21.0 Å². The number of carbonyl (C=O) groups is 1. The molecule has 0 fully saturated rings. The first-order valence-corrected chi connectivity index (χ1v) is 5.22. The Hall–Kier alpha value is -2.51. The zero-order valence-electron chi connectivity index (χ0n) is 9.65. The van der Waals surface area contributed by atoms with Gasteiger partial charge in [0, 0.05) is 11.8 Å². The molecule has 0 amide bonds. The summed E-state index contributed by atoms with van der Waals surface area (Å²) in [7, 11) is 0. The maximum Gasteiger partial charge on any atom is 0.419 e. The molecule has 1 heterocycles. The molecule has 0 saturated heterocycles. The lowest BCUT2D eigenvalue weighted by Gasteiger charge is -2.09. The number of halogens is 4. The Morgan fingerprint density at radius 1 is 1.20 bits per heavy atom. The zero-order valence-corrected chi connectivity index (χ0v) is 9.65. The Bertz CT molecular complexity index is 671. The van der Waals surface area contributed by atoms with E-state index in [1.165, 1.54) is 6.07 Å². The van der Waals surface area contributed by atoms with E-state index in [2.05, 4.69) is 9.97 Å². The van der Waals surface area contributed by atoms with Crippen LogP contribution in [0.15, 0.2) is 30.5 Å². The van der Waals surface area contributed by atoms with Gasteiger partial charge in [0.2, 0.25) is 5.82 Å². The van der Waals surface area contributed by atoms with E-state index in [1.54, 1.807) is 0 Å². The van der Waals surface area contributed by atoms with Crippen LogP contribution in [0.25, 0.3) is 11.3 Å². The Labute approximate surface area is 109 Å². The lowest BCUT2D eigenvalue weighted by molar-refractivity contribution is -0.139. The third-order valence-electron chi connectivity index (χ3n) is 2.41. The predicted octanol–water partition coefficient (Wildman–Crippen LogP) is 3.00. The maximum atomic E-state index is 13.1. The number of hydrogen-bond acceptors (Lipinski definition) is 3. The fraction of sp³-hybridized carbons (Fsp3) is 0.0833. The first-order chi connectivity index (χ1) is 9.29. The summed E-state index contributed by atoms with van der Waals surface area (Å²) >= 11 is 0. The van der Waals surface area contributed by atoms with Crippen molar-refractivity contribution in [2.45, 2.75) is 6.18 Å². The first kappa shape index (κ1) is 13.9. The van der Waals surface area contributed by atoms with Gasteiger partial charge in [-0.25, -0.2) is 19.2 Å². The van der Waals surface area contributed by atoms with Crippen molar-refractivity contribution in [3.8, 4) is 11.3 Å². The second kappa shape index (κ2) is 4.87. The highest BCUT2D eigenvalue weighted by Gasteiger charge is 2.34. The minimum atomic E-state index is -4.84. The molecule has 20 heavy (non-hydrogen) atoms. The van der Waals surface area contributed by atoms with Crippen LogP contribution in [0.2, 0.25) is 0 Å². The van der Waals surface area contributed by atoms with Crippen molar-refractivity contribution < 1.29 is 27.5 Å². The summed E-state index contributed by atoms with van der Waals surface area (Å²) in [5, 5.41) is 8.72. The fourth-order valence-corrected chi connectivity index (χ4v) is 1.52. The molecule has 0 radical (unpaired) electrons. The van der Waals surface area contributed by atoms with Crippen molar-refractivity contribution in [2.75, 3.05) is 0 Å². The van der Waals surface area contributed by atoms with Gasteiger partial charge >= 0.3 is 12.1 Å². The summed E-state index contributed by atoms with van der Waals surface area (Å²) in [6.07, 6.45) is -3.74. The Morgan fingerprint density at radius 2 is 1.90 bits per heavy atom. The molecule has 2 aromatic rings. The van der Waals surface area contributed by atoms with Crippen LogP contribution >= 0.6 is 0 Å². The molecular weight excluding hydrogens is 280 g/mol.